The predicted octanol–water partition coefficient (Wildman–Crippen LogP) is 4.62. The molecule has 3 rings (SSSR count). The molecule has 0 aliphatic heterocycles. The first-order chi connectivity index (χ1) is 20.4. The van der Waals surface area contributed by atoms with Crippen molar-refractivity contribution in [2.45, 2.75) is 31.5 Å². The van der Waals surface area contributed by atoms with Gasteiger partial charge in [0.2, 0.25) is 11.8 Å². The third-order valence-electron chi connectivity index (χ3n) is 6.14. The highest BCUT2D eigenvalue weighted by molar-refractivity contribution is 6.24. The number of aromatic hydroxyl groups is 1. The molecule has 1 unspecified atom stereocenters. The van der Waals surface area contributed by atoms with Crippen LogP contribution in [0, 0.1) is 10.7 Å². The molecule has 0 aromatic heterocycles. The van der Waals surface area contributed by atoms with Crippen molar-refractivity contribution in [2.75, 3.05) is 6.54 Å². The van der Waals surface area contributed by atoms with Crippen LogP contribution in [0.3, 0.4) is 0 Å². The maximum atomic E-state index is 13.9. The number of halogens is 4. The Morgan fingerprint density at radius 2 is 1.65 bits per heavy atom. The molecule has 3 aromatic rings. The van der Waals surface area contributed by atoms with Gasteiger partial charge in [-0.1, -0.05) is 30.3 Å². The highest BCUT2D eigenvalue weighted by atomic mass is 19.4. The summed E-state index contributed by atoms with van der Waals surface area (Å²) < 4.78 is 53.9. The van der Waals surface area contributed by atoms with E-state index in [1.807, 2.05) is 0 Å². The molecule has 0 bridgehead atoms. The first-order valence-corrected chi connectivity index (χ1v) is 12.7. The molecular weight excluding hydrogens is 576 g/mol. The maximum Gasteiger partial charge on any atom is 0.419 e. The highest BCUT2D eigenvalue weighted by Crippen LogP contribution is 2.33. The number of carbonyl (C=O) groups is 3. The molecule has 0 saturated heterocycles. The normalized spacial score (nSPS) is 12.3. The Morgan fingerprint density at radius 3 is 2.26 bits per heavy atom. The third kappa shape index (κ3) is 9.46. The Kier molecular flexibility index (Phi) is 11.1. The van der Waals surface area contributed by atoms with E-state index in [9.17, 15) is 42.0 Å². The summed E-state index contributed by atoms with van der Waals surface area (Å²) in [6.07, 6.45) is -3.92. The molecule has 14 heteroatoms. The fraction of sp³-hybridized carbons (Fsp3) is 0.207. The van der Waals surface area contributed by atoms with E-state index < -0.39 is 41.3 Å². The van der Waals surface area contributed by atoms with Gasteiger partial charge in [-0.3, -0.25) is 19.6 Å². The predicted molar refractivity (Wildman–Crippen MR) is 147 cm³/mol. The molecule has 10 nitrogen and oxygen atoms in total. The summed E-state index contributed by atoms with van der Waals surface area (Å²) in [4.78, 5) is 48.8. The van der Waals surface area contributed by atoms with Gasteiger partial charge in [-0.2, -0.15) is 13.2 Å². The third-order valence-corrected chi connectivity index (χ3v) is 6.14. The molecule has 0 saturated carbocycles. The van der Waals surface area contributed by atoms with Crippen LogP contribution >= 0.6 is 0 Å². The van der Waals surface area contributed by atoms with Crippen molar-refractivity contribution < 1.29 is 42.3 Å². The van der Waals surface area contributed by atoms with Crippen LogP contribution in [0.15, 0.2) is 71.9 Å². The first kappa shape index (κ1) is 32.4. The minimum atomic E-state index is -5.00. The Balaban J connectivity index is 1.97. The lowest BCUT2D eigenvalue weighted by molar-refractivity contribution is -0.140. The Hall–Kier alpha value is -5.11. The summed E-state index contributed by atoms with van der Waals surface area (Å²) in [7, 11) is 0. The SMILES string of the molecule is O=Nc1ccc(/C(=C/c2ccc(F)c(C(F)(F)F)c2)C(=O)NC(Cc2ccc(O)cc2)C(=O)NCCCC(=O)NO)cc1. The number of alkyl halides is 3. The topological polar surface area (TPSA) is 157 Å². The van der Waals surface area contributed by atoms with E-state index in [0.717, 1.165) is 12.1 Å². The lowest BCUT2D eigenvalue weighted by atomic mass is 9.99. The van der Waals surface area contributed by atoms with Crippen molar-refractivity contribution in [3.63, 3.8) is 0 Å². The minimum absolute atomic E-state index is 0.00680. The van der Waals surface area contributed by atoms with E-state index in [0.29, 0.717) is 17.7 Å². The molecule has 3 amide bonds. The van der Waals surface area contributed by atoms with Gasteiger partial charge in [-0.25, -0.2) is 9.87 Å². The molecular formula is C29H26F4N4O6. The summed E-state index contributed by atoms with van der Waals surface area (Å²) in [5.74, 6) is -3.75. The number of hydroxylamine groups is 1. The second kappa shape index (κ2) is 14.7. The average Bonchev–Trinajstić information content (AvgIpc) is 2.98. The van der Waals surface area contributed by atoms with Crippen molar-refractivity contribution in [3.05, 3.63) is 99.7 Å². The number of nitrogens with one attached hydrogen (secondary N) is 3. The average molecular weight is 603 g/mol. The zero-order valence-electron chi connectivity index (χ0n) is 22.3. The summed E-state index contributed by atoms with van der Waals surface area (Å²) in [5, 5.41) is 26.1. The van der Waals surface area contributed by atoms with Gasteiger partial charge in [-0.05, 0) is 70.8 Å². The van der Waals surface area contributed by atoms with Crippen LogP contribution < -0.4 is 16.1 Å². The number of phenolic OH excluding ortho intramolecular Hbond substituents is 1. The van der Waals surface area contributed by atoms with Crippen molar-refractivity contribution in [1.82, 2.24) is 16.1 Å². The largest absolute Gasteiger partial charge is 0.508 e. The Bertz CT molecular complexity index is 1490. The molecule has 0 heterocycles. The highest BCUT2D eigenvalue weighted by Gasteiger charge is 2.34. The van der Waals surface area contributed by atoms with Crippen molar-refractivity contribution in [3.8, 4) is 5.75 Å². The number of phenols is 1. The van der Waals surface area contributed by atoms with Crippen molar-refractivity contribution in [1.29, 1.82) is 0 Å². The van der Waals surface area contributed by atoms with Crippen LogP contribution in [-0.2, 0) is 27.0 Å². The van der Waals surface area contributed by atoms with Crippen LogP contribution in [-0.4, -0.2) is 40.6 Å². The number of nitroso groups, excluding NO2 is 1. The summed E-state index contributed by atoms with van der Waals surface area (Å²) in [6, 6.07) is 12.0. The molecule has 0 aliphatic rings. The van der Waals surface area contributed by atoms with Gasteiger partial charge in [0.25, 0.3) is 5.91 Å². The van der Waals surface area contributed by atoms with E-state index in [-0.39, 0.29) is 53.9 Å². The number of nitrogens with zero attached hydrogens (tertiary/aromatic N) is 1. The lowest BCUT2D eigenvalue weighted by Gasteiger charge is -2.20. The standard InChI is InChI=1S/C29H26F4N4O6/c30-24-12-5-18(15-23(24)29(31,32)33)14-22(19-6-8-20(36-42)9-7-19)27(40)35-25(16-17-3-10-21(38)11-4-17)28(41)34-13-1-2-26(39)37-43/h3-12,14-15,25,38,43H,1-2,13,16H2,(H,34,41)(H,35,40)(H,37,39)/b22-14-. The van der Waals surface area contributed by atoms with E-state index in [1.165, 1.54) is 54.0 Å². The van der Waals surface area contributed by atoms with Gasteiger partial charge in [0, 0.05) is 25.0 Å². The Morgan fingerprint density at radius 1 is 0.977 bits per heavy atom. The smallest absolute Gasteiger partial charge is 0.419 e. The zero-order chi connectivity index (χ0) is 31.6. The molecule has 43 heavy (non-hydrogen) atoms. The summed E-state index contributed by atoms with van der Waals surface area (Å²) in [6.45, 7) is 0.00680. The lowest BCUT2D eigenvalue weighted by Crippen LogP contribution is -2.48. The van der Waals surface area contributed by atoms with Gasteiger partial charge in [0.15, 0.2) is 0 Å². The van der Waals surface area contributed by atoms with Crippen molar-refractivity contribution >= 4 is 35.1 Å². The minimum Gasteiger partial charge on any atom is -0.508 e. The Labute approximate surface area is 242 Å². The summed E-state index contributed by atoms with van der Waals surface area (Å²) in [5.41, 5.74) is 0.262. The van der Waals surface area contributed by atoms with E-state index in [4.69, 9.17) is 5.21 Å². The fourth-order valence-corrected chi connectivity index (χ4v) is 3.95. The molecule has 0 radical (unpaired) electrons. The molecule has 0 aliphatic carbocycles. The van der Waals surface area contributed by atoms with Gasteiger partial charge >= 0.3 is 6.18 Å². The molecule has 3 aromatic carbocycles. The van der Waals surface area contributed by atoms with Crippen LogP contribution in [0.5, 0.6) is 5.75 Å². The van der Waals surface area contributed by atoms with Crippen LogP contribution in [0.2, 0.25) is 0 Å². The van der Waals surface area contributed by atoms with Crippen LogP contribution in [0.4, 0.5) is 23.2 Å². The van der Waals surface area contributed by atoms with Crippen molar-refractivity contribution in [2.24, 2.45) is 5.18 Å². The molecule has 226 valence electrons. The number of benzene rings is 3. The van der Waals surface area contributed by atoms with Gasteiger partial charge < -0.3 is 15.7 Å². The number of hydrogen-bond donors (Lipinski definition) is 5. The van der Waals surface area contributed by atoms with Gasteiger partial charge in [0.1, 0.15) is 23.3 Å². The van der Waals surface area contributed by atoms with Crippen LogP contribution in [0.25, 0.3) is 11.6 Å². The fourth-order valence-electron chi connectivity index (χ4n) is 3.95. The van der Waals surface area contributed by atoms with E-state index in [1.54, 1.807) is 0 Å². The summed E-state index contributed by atoms with van der Waals surface area (Å²) >= 11 is 0. The zero-order valence-corrected chi connectivity index (χ0v) is 22.3. The maximum absolute atomic E-state index is 13.9. The van der Waals surface area contributed by atoms with Crippen LogP contribution in [0.1, 0.15) is 35.1 Å². The quantitative estimate of drug-likeness (QED) is 0.0387. The number of amides is 3. The van der Waals surface area contributed by atoms with Gasteiger partial charge in [0.05, 0.1) is 5.56 Å². The first-order valence-electron chi connectivity index (χ1n) is 12.7. The van der Waals surface area contributed by atoms with E-state index in [2.05, 4.69) is 15.8 Å². The van der Waals surface area contributed by atoms with Gasteiger partial charge in [-0.15, -0.1) is 4.91 Å². The number of rotatable bonds is 12. The number of hydrogen-bond acceptors (Lipinski definition) is 7. The molecule has 1 atom stereocenters. The second-order valence-electron chi connectivity index (χ2n) is 9.26. The second-order valence-corrected chi connectivity index (χ2v) is 9.26. The number of carbonyl (C=O) groups excluding carboxylic acids is 3. The molecule has 5 N–H and O–H groups in total. The molecule has 0 fully saturated rings. The monoisotopic (exact) mass is 602 g/mol. The van der Waals surface area contributed by atoms with E-state index >= 15 is 0 Å². The molecule has 0 spiro atoms.